The number of aliphatic hydroxyl groups is 1. The first kappa shape index (κ1) is 15.1. The second-order valence-corrected chi connectivity index (χ2v) is 5.49. The molecule has 0 aliphatic carbocycles. The summed E-state index contributed by atoms with van der Waals surface area (Å²) in [7, 11) is 0. The van der Waals surface area contributed by atoms with Gasteiger partial charge in [0.1, 0.15) is 12.4 Å². The fourth-order valence-corrected chi connectivity index (χ4v) is 2.40. The van der Waals surface area contributed by atoms with Gasteiger partial charge in [-0.3, -0.25) is 4.68 Å². The van der Waals surface area contributed by atoms with E-state index in [2.05, 4.69) is 28.0 Å². The van der Waals surface area contributed by atoms with E-state index in [0.717, 1.165) is 33.7 Å². The van der Waals surface area contributed by atoms with Crippen molar-refractivity contribution >= 4 is 15.9 Å². The summed E-state index contributed by atoms with van der Waals surface area (Å²) in [4.78, 5) is 0. The standard InChI is InChI=1S/C15H19BrN2O2/c1-4-18-14(15(16)10(2)17-18)9-20-13-7-5-12(6-8-13)11(3)19/h5-8,11,19H,4,9H2,1-3H3/t11-/m1/s1. The zero-order valence-electron chi connectivity index (χ0n) is 11.9. The molecule has 0 unspecified atom stereocenters. The van der Waals surface area contributed by atoms with Crippen LogP contribution in [-0.4, -0.2) is 14.9 Å². The molecule has 1 N–H and O–H groups in total. The zero-order valence-corrected chi connectivity index (χ0v) is 13.5. The normalized spacial score (nSPS) is 12.4. The van der Waals surface area contributed by atoms with Gasteiger partial charge in [-0.2, -0.15) is 5.10 Å². The monoisotopic (exact) mass is 338 g/mol. The Hall–Kier alpha value is -1.33. The molecule has 1 aromatic heterocycles. The molecule has 4 nitrogen and oxygen atoms in total. The Labute approximate surface area is 127 Å². The van der Waals surface area contributed by atoms with Crippen molar-refractivity contribution in [3.63, 3.8) is 0 Å². The van der Waals surface area contributed by atoms with Crippen LogP contribution in [0.3, 0.4) is 0 Å². The fraction of sp³-hybridized carbons (Fsp3) is 0.400. The molecule has 5 heteroatoms. The van der Waals surface area contributed by atoms with Crippen molar-refractivity contribution in [1.29, 1.82) is 0 Å². The minimum Gasteiger partial charge on any atom is -0.487 e. The van der Waals surface area contributed by atoms with Crippen molar-refractivity contribution in [1.82, 2.24) is 9.78 Å². The van der Waals surface area contributed by atoms with Crippen molar-refractivity contribution in [2.75, 3.05) is 0 Å². The average molecular weight is 339 g/mol. The second kappa shape index (κ2) is 6.41. The van der Waals surface area contributed by atoms with Crippen LogP contribution in [0.2, 0.25) is 0 Å². The molecular weight excluding hydrogens is 320 g/mol. The van der Waals surface area contributed by atoms with Gasteiger partial charge in [0.15, 0.2) is 0 Å². The number of halogens is 1. The highest BCUT2D eigenvalue weighted by atomic mass is 79.9. The first-order chi connectivity index (χ1) is 9.52. The number of aryl methyl sites for hydroxylation is 2. The first-order valence-electron chi connectivity index (χ1n) is 6.65. The molecule has 0 saturated heterocycles. The van der Waals surface area contributed by atoms with E-state index in [-0.39, 0.29) is 0 Å². The number of hydrogen-bond acceptors (Lipinski definition) is 3. The maximum Gasteiger partial charge on any atom is 0.131 e. The zero-order chi connectivity index (χ0) is 14.7. The molecule has 0 saturated carbocycles. The largest absolute Gasteiger partial charge is 0.487 e. The van der Waals surface area contributed by atoms with Crippen molar-refractivity contribution in [3.05, 3.63) is 45.7 Å². The maximum absolute atomic E-state index is 9.47. The molecule has 0 radical (unpaired) electrons. The lowest BCUT2D eigenvalue weighted by Gasteiger charge is -2.10. The summed E-state index contributed by atoms with van der Waals surface area (Å²) < 4.78 is 8.73. The predicted molar refractivity (Wildman–Crippen MR) is 81.7 cm³/mol. The summed E-state index contributed by atoms with van der Waals surface area (Å²) in [5.41, 5.74) is 2.88. The molecule has 0 aliphatic rings. The lowest BCUT2D eigenvalue weighted by molar-refractivity contribution is 0.199. The van der Waals surface area contributed by atoms with Gasteiger partial charge >= 0.3 is 0 Å². The van der Waals surface area contributed by atoms with Crippen LogP contribution >= 0.6 is 15.9 Å². The van der Waals surface area contributed by atoms with Crippen LogP contribution < -0.4 is 4.74 Å². The van der Waals surface area contributed by atoms with Crippen molar-refractivity contribution in [3.8, 4) is 5.75 Å². The Kier molecular flexibility index (Phi) is 4.83. The number of aromatic nitrogens is 2. The second-order valence-electron chi connectivity index (χ2n) is 4.70. The third-order valence-electron chi connectivity index (χ3n) is 3.19. The highest BCUT2D eigenvalue weighted by Gasteiger charge is 2.12. The smallest absolute Gasteiger partial charge is 0.131 e. The van der Waals surface area contributed by atoms with E-state index in [0.29, 0.717) is 6.61 Å². The summed E-state index contributed by atoms with van der Waals surface area (Å²) in [5, 5.41) is 13.9. The van der Waals surface area contributed by atoms with Crippen LogP contribution in [0.4, 0.5) is 0 Å². The Balaban J connectivity index is 2.09. The van der Waals surface area contributed by atoms with Crippen LogP contribution in [0.15, 0.2) is 28.7 Å². The van der Waals surface area contributed by atoms with Crippen molar-refractivity contribution < 1.29 is 9.84 Å². The molecule has 0 spiro atoms. The van der Waals surface area contributed by atoms with Crippen molar-refractivity contribution in [2.24, 2.45) is 0 Å². The van der Waals surface area contributed by atoms with E-state index < -0.39 is 6.10 Å². The lowest BCUT2D eigenvalue weighted by Crippen LogP contribution is -2.06. The van der Waals surface area contributed by atoms with E-state index in [4.69, 9.17) is 4.74 Å². The molecule has 108 valence electrons. The first-order valence-corrected chi connectivity index (χ1v) is 7.44. The van der Waals surface area contributed by atoms with Gasteiger partial charge in [0.25, 0.3) is 0 Å². The minimum atomic E-state index is -0.456. The molecule has 0 aliphatic heterocycles. The van der Waals surface area contributed by atoms with Gasteiger partial charge in [0.2, 0.25) is 0 Å². The molecule has 0 fully saturated rings. The molecule has 0 amide bonds. The quantitative estimate of drug-likeness (QED) is 0.905. The van der Waals surface area contributed by atoms with Gasteiger partial charge in [-0.05, 0) is 54.4 Å². The summed E-state index contributed by atoms with van der Waals surface area (Å²) >= 11 is 3.55. The number of hydrogen-bond donors (Lipinski definition) is 1. The number of ether oxygens (including phenoxy) is 1. The highest BCUT2D eigenvalue weighted by Crippen LogP contribution is 2.23. The molecule has 2 aromatic rings. The molecule has 1 heterocycles. The molecule has 2 rings (SSSR count). The van der Waals surface area contributed by atoms with Gasteiger partial charge in [-0.1, -0.05) is 12.1 Å². The van der Waals surface area contributed by atoms with Crippen molar-refractivity contribution in [2.45, 2.75) is 40.0 Å². The van der Waals surface area contributed by atoms with E-state index in [1.807, 2.05) is 35.9 Å². The summed E-state index contributed by atoms with van der Waals surface area (Å²) in [6, 6.07) is 7.49. The van der Waals surface area contributed by atoms with Gasteiger partial charge in [0.05, 0.1) is 22.0 Å². The van der Waals surface area contributed by atoms with Gasteiger partial charge in [-0.15, -0.1) is 0 Å². The highest BCUT2D eigenvalue weighted by molar-refractivity contribution is 9.10. The molecule has 1 atom stereocenters. The van der Waals surface area contributed by atoms with Crippen LogP contribution in [-0.2, 0) is 13.2 Å². The summed E-state index contributed by atoms with van der Waals surface area (Å²) in [6.07, 6.45) is -0.456. The van der Waals surface area contributed by atoms with E-state index >= 15 is 0 Å². The minimum absolute atomic E-state index is 0.456. The summed E-state index contributed by atoms with van der Waals surface area (Å²) in [6.45, 7) is 7.04. The fourth-order valence-electron chi connectivity index (χ4n) is 2.00. The Morgan fingerprint density at radius 3 is 2.55 bits per heavy atom. The topological polar surface area (TPSA) is 47.3 Å². The van der Waals surface area contributed by atoms with E-state index in [1.165, 1.54) is 0 Å². The summed E-state index contributed by atoms with van der Waals surface area (Å²) in [5.74, 6) is 0.780. The van der Waals surface area contributed by atoms with Gasteiger partial charge in [-0.25, -0.2) is 0 Å². The van der Waals surface area contributed by atoms with Crippen LogP contribution in [0.5, 0.6) is 5.75 Å². The number of rotatable bonds is 5. The Morgan fingerprint density at radius 1 is 1.35 bits per heavy atom. The third kappa shape index (κ3) is 3.22. The average Bonchev–Trinajstić information content (AvgIpc) is 2.72. The number of benzene rings is 1. The molecule has 1 aromatic carbocycles. The van der Waals surface area contributed by atoms with Gasteiger partial charge < -0.3 is 9.84 Å². The molecule has 20 heavy (non-hydrogen) atoms. The molecule has 0 bridgehead atoms. The van der Waals surface area contributed by atoms with Crippen LogP contribution in [0.25, 0.3) is 0 Å². The molecular formula is C15H19BrN2O2. The number of nitrogens with zero attached hydrogens (tertiary/aromatic N) is 2. The van der Waals surface area contributed by atoms with Crippen LogP contribution in [0, 0.1) is 6.92 Å². The lowest BCUT2D eigenvalue weighted by atomic mass is 10.1. The predicted octanol–water partition coefficient (Wildman–Crippen LogP) is 3.61. The van der Waals surface area contributed by atoms with E-state index in [1.54, 1.807) is 6.92 Å². The van der Waals surface area contributed by atoms with Gasteiger partial charge in [0, 0.05) is 6.54 Å². The SMILES string of the molecule is CCn1nc(C)c(Br)c1COc1ccc([C@@H](C)O)cc1. The van der Waals surface area contributed by atoms with Crippen LogP contribution in [0.1, 0.15) is 36.9 Å². The Morgan fingerprint density at radius 2 is 2.00 bits per heavy atom. The Bertz CT molecular complexity index is 576. The third-order valence-corrected chi connectivity index (χ3v) is 4.22. The van der Waals surface area contributed by atoms with E-state index in [9.17, 15) is 5.11 Å². The maximum atomic E-state index is 9.47. The number of aliphatic hydroxyl groups excluding tert-OH is 1.